The Bertz CT molecular complexity index is 701. The van der Waals surface area contributed by atoms with Gasteiger partial charge in [-0.25, -0.2) is 0 Å². The number of carbonyl (C=O) groups excluding carboxylic acids is 1. The molecule has 6 heteroatoms. The Labute approximate surface area is 121 Å². The summed E-state index contributed by atoms with van der Waals surface area (Å²) in [6.45, 7) is 0.565. The number of carbonyl (C=O) groups is 1. The van der Waals surface area contributed by atoms with Gasteiger partial charge in [0.15, 0.2) is 0 Å². The third-order valence-electron chi connectivity index (χ3n) is 3.57. The zero-order chi connectivity index (χ0) is 14.8. The third kappa shape index (κ3) is 2.47. The van der Waals surface area contributed by atoms with E-state index in [9.17, 15) is 14.9 Å². The summed E-state index contributed by atoms with van der Waals surface area (Å²) in [5.41, 5.74) is 2.14. The minimum Gasteiger partial charge on any atom is -0.308 e. The van der Waals surface area contributed by atoms with E-state index in [0.717, 1.165) is 18.4 Å². The van der Waals surface area contributed by atoms with Gasteiger partial charge in [0.25, 0.3) is 11.6 Å². The summed E-state index contributed by atoms with van der Waals surface area (Å²) < 4.78 is 0. The molecule has 0 saturated heterocycles. The van der Waals surface area contributed by atoms with Crippen LogP contribution in [0.2, 0.25) is 0 Å². The van der Waals surface area contributed by atoms with Crippen LogP contribution in [0.3, 0.4) is 0 Å². The molecule has 0 unspecified atom stereocenters. The van der Waals surface area contributed by atoms with Crippen LogP contribution in [-0.4, -0.2) is 22.4 Å². The molecule has 6 nitrogen and oxygen atoms in total. The number of amides is 1. The fourth-order valence-electron chi connectivity index (χ4n) is 2.54. The van der Waals surface area contributed by atoms with Gasteiger partial charge >= 0.3 is 0 Å². The molecule has 0 bridgehead atoms. The molecular weight excluding hydrogens is 270 g/mol. The number of nitro groups is 1. The smallest absolute Gasteiger partial charge is 0.271 e. The van der Waals surface area contributed by atoms with Crippen molar-refractivity contribution in [3.63, 3.8) is 0 Å². The van der Waals surface area contributed by atoms with E-state index in [4.69, 9.17) is 0 Å². The molecule has 21 heavy (non-hydrogen) atoms. The van der Waals surface area contributed by atoms with Gasteiger partial charge in [-0.15, -0.1) is 0 Å². The Hall–Kier alpha value is -2.76. The van der Waals surface area contributed by atoms with Crippen LogP contribution in [0.5, 0.6) is 0 Å². The molecule has 0 aliphatic carbocycles. The highest BCUT2D eigenvalue weighted by Crippen LogP contribution is 2.31. The molecule has 3 rings (SSSR count). The molecule has 0 radical (unpaired) electrons. The summed E-state index contributed by atoms with van der Waals surface area (Å²) in [4.78, 5) is 28.6. The number of anilines is 1. The number of hydrogen-bond acceptors (Lipinski definition) is 4. The molecule has 1 aromatic heterocycles. The average molecular weight is 283 g/mol. The molecular formula is C15H13N3O3. The van der Waals surface area contributed by atoms with Gasteiger partial charge in [-0.1, -0.05) is 6.07 Å². The first-order chi connectivity index (χ1) is 10.2. The van der Waals surface area contributed by atoms with Gasteiger partial charge in [-0.2, -0.15) is 0 Å². The third-order valence-corrected chi connectivity index (χ3v) is 3.57. The molecule has 1 aromatic carbocycles. The Morgan fingerprint density at radius 2 is 2.00 bits per heavy atom. The maximum atomic E-state index is 12.6. The van der Waals surface area contributed by atoms with Crippen molar-refractivity contribution in [2.45, 2.75) is 12.8 Å². The van der Waals surface area contributed by atoms with Gasteiger partial charge in [0, 0.05) is 36.6 Å². The second kappa shape index (κ2) is 5.32. The quantitative estimate of drug-likeness (QED) is 0.627. The first-order valence-electron chi connectivity index (χ1n) is 6.66. The highest BCUT2D eigenvalue weighted by Gasteiger charge is 2.25. The lowest BCUT2D eigenvalue weighted by Gasteiger charge is -2.29. The number of aryl methyl sites for hydroxylation is 1. The Kier molecular flexibility index (Phi) is 3.35. The molecule has 106 valence electrons. The summed E-state index contributed by atoms with van der Waals surface area (Å²) in [5, 5.41) is 10.9. The number of aromatic nitrogens is 1. The number of hydrogen-bond donors (Lipinski definition) is 0. The van der Waals surface area contributed by atoms with Crippen molar-refractivity contribution in [2.75, 3.05) is 11.4 Å². The second-order valence-corrected chi connectivity index (χ2v) is 4.87. The van der Waals surface area contributed by atoms with Gasteiger partial charge in [-0.3, -0.25) is 19.9 Å². The predicted octanol–water partition coefficient (Wildman–Crippen LogP) is 2.58. The maximum absolute atomic E-state index is 12.6. The molecule has 1 aliphatic heterocycles. The predicted molar refractivity (Wildman–Crippen MR) is 77.3 cm³/mol. The molecule has 2 heterocycles. The molecule has 0 saturated carbocycles. The number of rotatable bonds is 2. The minimum atomic E-state index is -0.440. The first-order valence-corrected chi connectivity index (χ1v) is 6.66. The number of pyridine rings is 1. The number of non-ortho nitro benzene ring substituents is 1. The van der Waals surface area contributed by atoms with Gasteiger partial charge < -0.3 is 4.90 Å². The van der Waals surface area contributed by atoms with E-state index in [2.05, 4.69) is 4.98 Å². The summed E-state index contributed by atoms with van der Waals surface area (Å²) in [5.74, 6) is -0.154. The van der Waals surface area contributed by atoms with E-state index in [1.165, 1.54) is 12.1 Å². The van der Waals surface area contributed by atoms with Crippen LogP contribution in [0.4, 0.5) is 11.4 Å². The average Bonchev–Trinajstić information content (AvgIpc) is 2.54. The van der Waals surface area contributed by atoms with Crippen LogP contribution in [0, 0.1) is 10.1 Å². The number of benzene rings is 1. The Morgan fingerprint density at radius 1 is 1.24 bits per heavy atom. The molecule has 1 aliphatic rings. The van der Waals surface area contributed by atoms with Crippen molar-refractivity contribution in [3.05, 3.63) is 64.0 Å². The van der Waals surface area contributed by atoms with Crippen molar-refractivity contribution in [2.24, 2.45) is 0 Å². The number of nitrogens with zero attached hydrogens (tertiary/aromatic N) is 3. The van der Waals surface area contributed by atoms with Gasteiger partial charge in [0.1, 0.15) is 0 Å². The van der Waals surface area contributed by atoms with E-state index >= 15 is 0 Å². The van der Waals surface area contributed by atoms with Crippen LogP contribution in [0.1, 0.15) is 22.3 Å². The lowest BCUT2D eigenvalue weighted by Crippen LogP contribution is -2.35. The summed E-state index contributed by atoms with van der Waals surface area (Å²) in [6, 6.07) is 7.99. The molecule has 2 aromatic rings. The van der Waals surface area contributed by atoms with Gasteiger partial charge in [0.05, 0.1) is 10.6 Å². The SMILES string of the molecule is O=C(c1ccncc1)N1CCCc2ccc([N+](=O)[O-])cc21. The Balaban J connectivity index is 2.01. The summed E-state index contributed by atoms with van der Waals surface area (Å²) in [6.07, 6.45) is 4.80. The monoisotopic (exact) mass is 283 g/mol. The van der Waals surface area contributed by atoms with E-state index in [1.807, 2.05) is 0 Å². The second-order valence-electron chi connectivity index (χ2n) is 4.87. The highest BCUT2D eigenvalue weighted by atomic mass is 16.6. The van der Waals surface area contributed by atoms with Gasteiger partial charge in [0.2, 0.25) is 0 Å². The summed E-state index contributed by atoms with van der Waals surface area (Å²) in [7, 11) is 0. The molecule has 0 atom stereocenters. The number of fused-ring (bicyclic) bond motifs is 1. The van der Waals surface area contributed by atoms with E-state index < -0.39 is 4.92 Å². The molecule has 1 amide bonds. The number of nitro benzene ring substituents is 1. The molecule has 0 fully saturated rings. The Morgan fingerprint density at radius 3 is 2.71 bits per heavy atom. The van der Waals surface area contributed by atoms with Crippen molar-refractivity contribution in [1.82, 2.24) is 4.98 Å². The van der Waals surface area contributed by atoms with E-state index in [1.54, 1.807) is 35.5 Å². The standard InChI is InChI=1S/C15H13N3O3/c19-15(12-5-7-16-8-6-12)17-9-1-2-11-3-4-13(18(20)21)10-14(11)17/h3-8,10H,1-2,9H2. The zero-order valence-electron chi connectivity index (χ0n) is 11.2. The lowest BCUT2D eigenvalue weighted by molar-refractivity contribution is -0.384. The van der Waals surface area contributed by atoms with Crippen molar-refractivity contribution < 1.29 is 9.72 Å². The van der Waals surface area contributed by atoms with Crippen LogP contribution in [0.15, 0.2) is 42.7 Å². The minimum absolute atomic E-state index is 0.00294. The highest BCUT2D eigenvalue weighted by molar-refractivity contribution is 6.06. The normalized spacial score (nSPS) is 13.6. The summed E-state index contributed by atoms with van der Waals surface area (Å²) >= 11 is 0. The zero-order valence-corrected chi connectivity index (χ0v) is 11.2. The van der Waals surface area contributed by atoms with Crippen LogP contribution >= 0.6 is 0 Å². The van der Waals surface area contributed by atoms with Crippen LogP contribution in [0.25, 0.3) is 0 Å². The van der Waals surface area contributed by atoms with E-state index in [-0.39, 0.29) is 11.6 Å². The maximum Gasteiger partial charge on any atom is 0.271 e. The fourth-order valence-corrected chi connectivity index (χ4v) is 2.54. The van der Waals surface area contributed by atoms with Crippen LogP contribution in [-0.2, 0) is 6.42 Å². The van der Waals surface area contributed by atoms with Crippen LogP contribution < -0.4 is 4.90 Å². The fraction of sp³-hybridized carbons (Fsp3) is 0.200. The molecule has 0 N–H and O–H groups in total. The van der Waals surface area contributed by atoms with Gasteiger partial charge in [-0.05, 0) is 30.5 Å². The van der Waals surface area contributed by atoms with Crippen molar-refractivity contribution in [1.29, 1.82) is 0 Å². The first kappa shape index (κ1) is 13.2. The lowest BCUT2D eigenvalue weighted by atomic mass is 10.0. The largest absolute Gasteiger partial charge is 0.308 e. The van der Waals surface area contributed by atoms with E-state index in [0.29, 0.717) is 17.8 Å². The molecule has 0 spiro atoms. The van der Waals surface area contributed by atoms with Crippen molar-refractivity contribution >= 4 is 17.3 Å². The van der Waals surface area contributed by atoms with Crippen molar-refractivity contribution in [3.8, 4) is 0 Å². The topological polar surface area (TPSA) is 76.3 Å².